The number of rotatable bonds is 4. The van der Waals surface area contributed by atoms with E-state index in [-0.39, 0.29) is 10.4 Å². The standard InChI is InChI=1S/C13H19ClFNO/c1-13(2,3)12(17)8-16-7-9-4-5-11(15)10(14)6-9/h4-6,12,16-17H,7-8H2,1-3H3. The van der Waals surface area contributed by atoms with E-state index in [0.717, 1.165) is 5.56 Å². The summed E-state index contributed by atoms with van der Waals surface area (Å²) in [6, 6.07) is 4.62. The summed E-state index contributed by atoms with van der Waals surface area (Å²) in [4.78, 5) is 0. The van der Waals surface area contributed by atoms with Crippen molar-refractivity contribution in [1.82, 2.24) is 5.32 Å². The van der Waals surface area contributed by atoms with Gasteiger partial charge in [-0.3, -0.25) is 0 Å². The van der Waals surface area contributed by atoms with E-state index in [1.54, 1.807) is 12.1 Å². The fraction of sp³-hybridized carbons (Fsp3) is 0.538. The Balaban J connectivity index is 2.44. The van der Waals surface area contributed by atoms with Crippen LogP contribution in [0.25, 0.3) is 0 Å². The minimum absolute atomic E-state index is 0.126. The van der Waals surface area contributed by atoms with Crippen LogP contribution < -0.4 is 5.32 Å². The van der Waals surface area contributed by atoms with Gasteiger partial charge in [0, 0.05) is 13.1 Å². The molecule has 96 valence electrons. The molecule has 0 heterocycles. The van der Waals surface area contributed by atoms with Crippen molar-refractivity contribution in [2.45, 2.75) is 33.4 Å². The average molecular weight is 260 g/mol. The lowest BCUT2D eigenvalue weighted by atomic mass is 9.89. The predicted octanol–water partition coefficient (Wildman–Crippen LogP) is 2.98. The van der Waals surface area contributed by atoms with E-state index in [2.05, 4.69) is 5.32 Å². The Labute approximate surface area is 107 Å². The van der Waals surface area contributed by atoms with Crippen molar-refractivity contribution in [2.75, 3.05) is 6.54 Å². The van der Waals surface area contributed by atoms with Gasteiger partial charge in [0.25, 0.3) is 0 Å². The fourth-order valence-electron chi connectivity index (χ4n) is 1.31. The van der Waals surface area contributed by atoms with E-state index in [9.17, 15) is 9.50 Å². The van der Waals surface area contributed by atoms with Crippen molar-refractivity contribution in [3.8, 4) is 0 Å². The first kappa shape index (κ1) is 14.4. The zero-order valence-corrected chi connectivity index (χ0v) is 11.2. The molecule has 1 aromatic carbocycles. The number of hydrogen-bond donors (Lipinski definition) is 2. The SMILES string of the molecule is CC(C)(C)C(O)CNCc1ccc(F)c(Cl)c1. The molecular weight excluding hydrogens is 241 g/mol. The van der Waals surface area contributed by atoms with E-state index in [1.807, 2.05) is 20.8 Å². The molecule has 0 saturated carbocycles. The number of benzene rings is 1. The Kier molecular flexibility index (Phi) is 4.92. The molecule has 0 aromatic heterocycles. The van der Waals surface area contributed by atoms with Crippen LogP contribution >= 0.6 is 11.6 Å². The van der Waals surface area contributed by atoms with Gasteiger partial charge in [-0.25, -0.2) is 4.39 Å². The molecule has 2 N–H and O–H groups in total. The highest BCUT2D eigenvalue weighted by molar-refractivity contribution is 6.30. The molecule has 0 spiro atoms. The Bertz CT molecular complexity index is 376. The van der Waals surface area contributed by atoms with Gasteiger partial charge in [0.2, 0.25) is 0 Å². The van der Waals surface area contributed by atoms with Crippen molar-refractivity contribution in [1.29, 1.82) is 0 Å². The van der Waals surface area contributed by atoms with Gasteiger partial charge >= 0.3 is 0 Å². The number of hydrogen-bond acceptors (Lipinski definition) is 2. The Morgan fingerprint density at radius 2 is 2.06 bits per heavy atom. The first-order chi connectivity index (χ1) is 7.80. The molecule has 0 bridgehead atoms. The smallest absolute Gasteiger partial charge is 0.141 e. The van der Waals surface area contributed by atoms with Gasteiger partial charge in [0.05, 0.1) is 11.1 Å². The van der Waals surface area contributed by atoms with Crippen LogP contribution in [0.1, 0.15) is 26.3 Å². The maximum absolute atomic E-state index is 12.9. The maximum Gasteiger partial charge on any atom is 0.141 e. The van der Waals surface area contributed by atoms with Gasteiger partial charge in [0.1, 0.15) is 5.82 Å². The molecule has 0 aliphatic heterocycles. The van der Waals surface area contributed by atoms with Crippen LogP contribution in [0.15, 0.2) is 18.2 Å². The van der Waals surface area contributed by atoms with E-state index < -0.39 is 11.9 Å². The van der Waals surface area contributed by atoms with Gasteiger partial charge < -0.3 is 10.4 Å². The van der Waals surface area contributed by atoms with Crippen LogP contribution in [-0.4, -0.2) is 17.8 Å². The summed E-state index contributed by atoms with van der Waals surface area (Å²) in [5.74, 6) is -0.412. The van der Waals surface area contributed by atoms with Crippen molar-refractivity contribution in [3.05, 3.63) is 34.6 Å². The monoisotopic (exact) mass is 259 g/mol. The lowest BCUT2D eigenvalue weighted by molar-refractivity contribution is 0.0627. The van der Waals surface area contributed by atoms with E-state index >= 15 is 0 Å². The summed E-state index contributed by atoms with van der Waals surface area (Å²) >= 11 is 5.68. The van der Waals surface area contributed by atoms with Gasteiger partial charge in [-0.15, -0.1) is 0 Å². The average Bonchev–Trinajstić information content (AvgIpc) is 2.22. The maximum atomic E-state index is 12.9. The van der Waals surface area contributed by atoms with Crippen LogP contribution in [0.3, 0.4) is 0 Å². The second-order valence-electron chi connectivity index (χ2n) is 5.26. The second kappa shape index (κ2) is 5.80. The molecule has 0 fully saturated rings. The van der Waals surface area contributed by atoms with E-state index in [4.69, 9.17) is 11.6 Å². The highest BCUT2D eigenvalue weighted by atomic mass is 35.5. The van der Waals surface area contributed by atoms with Crippen LogP contribution in [0.2, 0.25) is 5.02 Å². The molecule has 4 heteroatoms. The Morgan fingerprint density at radius 3 is 2.59 bits per heavy atom. The topological polar surface area (TPSA) is 32.3 Å². The predicted molar refractivity (Wildman–Crippen MR) is 68.6 cm³/mol. The van der Waals surface area contributed by atoms with Crippen molar-refractivity contribution in [3.63, 3.8) is 0 Å². The molecule has 0 radical (unpaired) electrons. The molecule has 1 unspecified atom stereocenters. The molecule has 1 aromatic rings. The van der Waals surface area contributed by atoms with E-state index in [1.165, 1.54) is 6.07 Å². The third-order valence-corrected chi connectivity index (χ3v) is 2.94. The largest absolute Gasteiger partial charge is 0.391 e. The minimum Gasteiger partial charge on any atom is -0.391 e. The van der Waals surface area contributed by atoms with Crippen molar-refractivity contribution < 1.29 is 9.50 Å². The van der Waals surface area contributed by atoms with E-state index in [0.29, 0.717) is 13.1 Å². The van der Waals surface area contributed by atoms with Crippen molar-refractivity contribution in [2.24, 2.45) is 5.41 Å². The molecule has 0 amide bonds. The molecule has 0 aliphatic rings. The summed E-state index contributed by atoms with van der Waals surface area (Å²) in [6.45, 7) is 7.00. The lowest BCUT2D eigenvalue weighted by Gasteiger charge is -2.26. The number of aliphatic hydroxyl groups excluding tert-OH is 1. The van der Waals surface area contributed by atoms with Crippen LogP contribution in [-0.2, 0) is 6.54 Å². The molecule has 0 saturated heterocycles. The molecule has 2 nitrogen and oxygen atoms in total. The van der Waals surface area contributed by atoms with Gasteiger partial charge in [0.15, 0.2) is 0 Å². The zero-order chi connectivity index (χ0) is 13.1. The first-order valence-electron chi connectivity index (χ1n) is 5.63. The first-order valence-corrected chi connectivity index (χ1v) is 6.01. The summed E-state index contributed by atoms with van der Waals surface area (Å²) in [5, 5.41) is 13.1. The minimum atomic E-state index is -0.418. The Hall–Kier alpha value is -0.640. The summed E-state index contributed by atoms with van der Waals surface area (Å²) in [7, 11) is 0. The molecule has 1 rings (SSSR count). The van der Waals surface area contributed by atoms with Crippen molar-refractivity contribution >= 4 is 11.6 Å². The molecule has 0 aliphatic carbocycles. The number of aliphatic hydroxyl groups is 1. The van der Waals surface area contributed by atoms with Gasteiger partial charge in [-0.2, -0.15) is 0 Å². The number of nitrogens with one attached hydrogen (secondary N) is 1. The Morgan fingerprint density at radius 1 is 1.41 bits per heavy atom. The van der Waals surface area contributed by atoms with Gasteiger partial charge in [-0.1, -0.05) is 38.4 Å². The van der Waals surface area contributed by atoms with Crippen LogP contribution in [0.5, 0.6) is 0 Å². The second-order valence-corrected chi connectivity index (χ2v) is 5.67. The highest BCUT2D eigenvalue weighted by Gasteiger charge is 2.21. The summed E-state index contributed by atoms with van der Waals surface area (Å²) in [5.41, 5.74) is 0.755. The zero-order valence-electron chi connectivity index (χ0n) is 10.4. The highest BCUT2D eigenvalue weighted by Crippen LogP contribution is 2.19. The summed E-state index contributed by atoms with van der Waals surface area (Å²) in [6.07, 6.45) is -0.418. The summed E-state index contributed by atoms with van der Waals surface area (Å²) < 4.78 is 12.9. The molecule has 17 heavy (non-hydrogen) atoms. The normalized spacial score (nSPS) is 13.8. The fourth-order valence-corrected chi connectivity index (χ4v) is 1.51. The quantitative estimate of drug-likeness (QED) is 0.871. The number of halogens is 2. The molecular formula is C13H19ClFNO. The third-order valence-electron chi connectivity index (χ3n) is 2.65. The lowest BCUT2D eigenvalue weighted by Crippen LogP contribution is -2.36. The molecule has 1 atom stereocenters. The van der Waals surface area contributed by atoms with Crippen LogP contribution in [0.4, 0.5) is 4.39 Å². The van der Waals surface area contributed by atoms with Crippen LogP contribution in [0, 0.1) is 11.2 Å². The third kappa shape index (κ3) is 4.62. The van der Waals surface area contributed by atoms with Gasteiger partial charge in [-0.05, 0) is 23.1 Å².